The Hall–Kier alpha value is -3.41. The van der Waals surface area contributed by atoms with E-state index in [4.69, 9.17) is 4.74 Å². The van der Waals surface area contributed by atoms with Crippen molar-refractivity contribution >= 4 is 17.7 Å². The fraction of sp³-hybridized carbons (Fsp3) is 0.300. The highest BCUT2D eigenvalue weighted by molar-refractivity contribution is 5.86. The van der Waals surface area contributed by atoms with Gasteiger partial charge in [0.05, 0.1) is 24.2 Å². The summed E-state index contributed by atoms with van der Waals surface area (Å²) in [5, 5.41) is 3.84. The van der Waals surface area contributed by atoms with E-state index in [0.29, 0.717) is 13.1 Å². The van der Waals surface area contributed by atoms with Crippen LogP contribution in [0.25, 0.3) is 6.08 Å². The highest BCUT2D eigenvalue weighted by atomic mass is 16.6. The van der Waals surface area contributed by atoms with Gasteiger partial charge in [0.15, 0.2) is 0 Å². The van der Waals surface area contributed by atoms with Crippen LogP contribution in [0.4, 0.5) is 5.69 Å². The predicted molar refractivity (Wildman–Crippen MR) is 135 cm³/mol. The number of nitrogens with zero attached hydrogens (tertiary/aromatic N) is 2. The lowest BCUT2D eigenvalue weighted by Gasteiger charge is -2.58. The molecule has 0 saturated carbocycles. The van der Waals surface area contributed by atoms with Gasteiger partial charge in [-0.3, -0.25) is 9.69 Å². The van der Waals surface area contributed by atoms with Gasteiger partial charge in [0.1, 0.15) is 11.1 Å². The molecular weight excluding hydrogens is 434 g/mol. The van der Waals surface area contributed by atoms with Crippen molar-refractivity contribution in [1.82, 2.24) is 9.80 Å². The maximum absolute atomic E-state index is 13.9. The lowest BCUT2D eigenvalue weighted by atomic mass is 9.66. The number of anilines is 1. The third-order valence-electron chi connectivity index (χ3n) is 8.98. The summed E-state index contributed by atoms with van der Waals surface area (Å²) in [6.45, 7) is 1.36. The van der Waals surface area contributed by atoms with Gasteiger partial charge in [-0.05, 0) is 17.2 Å². The number of nitrogens with one attached hydrogen (secondary N) is 1. The fourth-order valence-electron chi connectivity index (χ4n) is 7.74. The number of carbonyl (C=O) groups is 1. The van der Waals surface area contributed by atoms with Gasteiger partial charge in [-0.1, -0.05) is 91.0 Å². The Labute approximate surface area is 205 Å². The number of ether oxygens (including phenoxy) is 1. The summed E-state index contributed by atoms with van der Waals surface area (Å²) in [6, 6.07) is 29.5. The van der Waals surface area contributed by atoms with Gasteiger partial charge >= 0.3 is 0 Å². The fourth-order valence-corrected chi connectivity index (χ4v) is 7.74. The molecular formula is C30H27N3O2. The molecule has 5 heteroatoms. The van der Waals surface area contributed by atoms with Gasteiger partial charge in [-0.2, -0.15) is 0 Å². The van der Waals surface area contributed by atoms with Gasteiger partial charge in [0.25, 0.3) is 0 Å². The zero-order valence-corrected chi connectivity index (χ0v) is 19.4. The second-order valence-corrected chi connectivity index (χ2v) is 10.5. The van der Waals surface area contributed by atoms with Crippen LogP contribution in [0.5, 0.6) is 0 Å². The van der Waals surface area contributed by atoms with E-state index >= 15 is 0 Å². The van der Waals surface area contributed by atoms with E-state index in [0.717, 1.165) is 12.1 Å². The first kappa shape index (κ1) is 19.8. The second kappa shape index (κ2) is 6.84. The van der Waals surface area contributed by atoms with E-state index in [1.807, 2.05) is 24.3 Å². The summed E-state index contributed by atoms with van der Waals surface area (Å²) in [5.41, 5.74) is 3.96. The molecule has 4 saturated heterocycles. The summed E-state index contributed by atoms with van der Waals surface area (Å²) in [7, 11) is 0. The molecule has 4 unspecified atom stereocenters. The predicted octanol–water partition coefficient (Wildman–Crippen LogP) is 4.03. The maximum atomic E-state index is 13.9. The average Bonchev–Trinajstić information content (AvgIpc) is 3.42. The zero-order valence-electron chi connectivity index (χ0n) is 19.4. The lowest BCUT2D eigenvalue weighted by molar-refractivity contribution is -0.259. The molecule has 5 aliphatic heterocycles. The molecule has 0 aromatic heterocycles. The number of piperazine rings is 1. The number of hydrogen-bond acceptors (Lipinski definition) is 4. The van der Waals surface area contributed by atoms with Crippen molar-refractivity contribution in [1.29, 1.82) is 0 Å². The first-order valence-corrected chi connectivity index (χ1v) is 12.6. The SMILES string of the molecule is O=C1[C@@H]2CC3OC45c6ccccc6N[C@@H]4C(CN1Cc1ccccc1)N2C35/C=C/c1ccccc1. The Morgan fingerprint density at radius 3 is 2.54 bits per heavy atom. The standard InChI is InChI=1S/C30H27N3O2/c34-28-24-17-26-29(16-15-20-9-3-1-4-10-20)30(35-26)22-13-7-8-14-23(22)31-27(30)25(33(24)29)19-32(28)18-21-11-5-2-6-12-21/h1-16,24-27,31H,17-19H2/b16-15+/t24-,25?,26?,27+,29?,30?/m0/s1. The molecule has 8 rings (SSSR count). The highest BCUT2D eigenvalue weighted by Gasteiger charge is 2.86. The topological polar surface area (TPSA) is 44.8 Å². The third kappa shape index (κ3) is 2.33. The number of fused-ring (bicyclic) bond motifs is 2. The van der Waals surface area contributed by atoms with Gasteiger partial charge in [0.2, 0.25) is 5.91 Å². The van der Waals surface area contributed by atoms with Crippen molar-refractivity contribution in [2.75, 3.05) is 11.9 Å². The first-order chi connectivity index (χ1) is 17.2. The van der Waals surface area contributed by atoms with Crippen molar-refractivity contribution in [2.24, 2.45) is 0 Å². The molecule has 3 aromatic carbocycles. The first-order valence-electron chi connectivity index (χ1n) is 12.6. The number of carbonyl (C=O) groups excluding carboxylic acids is 1. The Bertz CT molecular complexity index is 1360. The van der Waals surface area contributed by atoms with E-state index in [2.05, 4.69) is 87.9 Å². The van der Waals surface area contributed by atoms with Gasteiger partial charge in [0, 0.05) is 30.8 Å². The molecule has 0 radical (unpaired) electrons. The summed E-state index contributed by atoms with van der Waals surface area (Å²) in [5.74, 6) is 0.235. The van der Waals surface area contributed by atoms with Gasteiger partial charge in [-0.15, -0.1) is 0 Å². The van der Waals surface area contributed by atoms with Crippen LogP contribution in [0.15, 0.2) is 91.0 Å². The maximum Gasteiger partial charge on any atom is 0.240 e. The number of benzene rings is 3. The van der Waals surface area contributed by atoms with Crippen molar-refractivity contribution < 1.29 is 9.53 Å². The number of amides is 1. The van der Waals surface area contributed by atoms with Gasteiger partial charge in [-0.25, -0.2) is 0 Å². The quantitative estimate of drug-likeness (QED) is 0.637. The van der Waals surface area contributed by atoms with Crippen molar-refractivity contribution in [3.8, 4) is 0 Å². The van der Waals surface area contributed by atoms with Crippen LogP contribution in [0.1, 0.15) is 23.1 Å². The molecule has 174 valence electrons. The summed E-state index contributed by atoms with van der Waals surface area (Å²) >= 11 is 0. The number of rotatable bonds is 4. The van der Waals surface area contributed by atoms with E-state index in [9.17, 15) is 4.79 Å². The summed E-state index contributed by atoms with van der Waals surface area (Å²) in [4.78, 5) is 18.5. The average molecular weight is 462 g/mol. The molecule has 0 bridgehead atoms. The van der Waals surface area contributed by atoms with Crippen LogP contribution in [-0.2, 0) is 21.7 Å². The molecule has 4 fully saturated rings. The Morgan fingerprint density at radius 1 is 0.971 bits per heavy atom. The van der Waals surface area contributed by atoms with Crippen LogP contribution in [-0.4, -0.2) is 52.0 Å². The van der Waals surface area contributed by atoms with Crippen LogP contribution >= 0.6 is 0 Å². The third-order valence-corrected chi connectivity index (χ3v) is 8.98. The molecule has 5 heterocycles. The van der Waals surface area contributed by atoms with E-state index in [1.54, 1.807) is 0 Å². The minimum atomic E-state index is -0.470. The van der Waals surface area contributed by atoms with Crippen LogP contribution in [0.3, 0.4) is 0 Å². The molecule has 1 N–H and O–H groups in total. The Kier molecular flexibility index (Phi) is 3.88. The number of para-hydroxylation sites is 1. The molecule has 1 spiro atoms. The van der Waals surface area contributed by atoms with E-state index in [1.165, 1.54) is 16.7 Å². The molecule has 5 nitrogen and oxygen atoms in total. The normalized spacial score (nSPS) is 36.0. The van der Waals surface area contributed by atoms with Gasteiger partial charge < -0.3 is 15.0 Å². The van der Waals surface area contributed by atoms with Crippen LogP contribution in [0.2, 0.25) is 0 Å². The summed E-state index contributed by atoms with van der Waals surface area (Å²) < 4.78 is 6.90. The van der Waals surface area contributed by atoms with E-state index in [-0.39, 0.29) is 35.7 Å². The Balaban J connectivity index is 1.26. The summed E-state index contributed by atoms with van der Waals surface area (Å²) in [6.07, 6.45) is 5.36. The molecule has 3 aromatic rings. The largest absolute Gasteiger partial charge is 0.377 e. The highest BCUT2D eigenvalue weighted by Crippen LogP contribution is 2.71. The molecule has 6 atom stereocenters. The molecule has 1 amide bonds. The number of hydrogen-bond donors (Lipinski definition) is 1. The minimum absolute atomic E-state index is 0.00791. The van der Waals surface area contributed by atoms with Crippen LogP contribution in [0, 0.1) is 0 Å². The Morgan fingerprint density at radius 2 is 1.71 bits per heavy atom. The zero-order chi connectivity index (χ0) is 23.2. The monoisotopic (exact) mass is 461 g/mol. The minimum Gasteiger partial charge on any atom is -0.377 e. The molecule has 0 aliphatic carbocycles. The van der Waals surface area contributed by atoms with Crippen molar-refractivity contribution in [3.63, 3.8) is 0 Å². The van der Waals surface area contributed by atoms with E-state index < -0.39 is 5.60 Å². The molecule has 35 heavy (non-hydrogen) atoms. The lowest BCUT2D eigenvalue weighted by Crippen LogP contribution is -2.72. The van der Waals surface area contributed by atoms with Crippen molar-refractivity contribution in [3.05, 3.63) is 108 Å². The molecule has 5 aliphatic rings. The van der Waals surface area contributed by atoms with Crippen molar-refractivity contribution in [2.45, 2.75) is 48.3 Å². The van der Waals surface area contributed by atoms with Crippen LogP contribution < -0.4 is 5.32 Å². The second-order valence-electron chi connectivity index (χ2n) is 10.5. The smallest absolute Gasteiger partial charge is 0.240 e.